The zero-order valence-corrected chi connectivity index (χ0v) is 9.91. The van der Waals surface area contributed by atoms with Crippen molar-refractivity contribution < 1.29 is 0 Å². The van der Waals surface area contributed by atoms with E-state index in [0.29, 0.717) is 0 Å². The zero-order chi connectivity index (χ0) is 10.7. The van der Waals surface area contributed by atoms with Crippen molar-refractivity contribution in [1.29, 1.82) is 0 Å². The molecule has 0 saturated carbocycles. The van der Waals surface area contributed by atoms with Gasteiger partial charge in [-0.25, -0.2) is 0 Å². The summed E-state index contributed by atoms with van der Waals surface area (Å²) in [5.41, 5.74) is 0. The summed E-state index contributed by atoms with van der Waals surface area (Å²) in [5, 5.41) is 3.71. The van der Waals surface area contributed by atoms with Gasteiger partial charge in [0, 0.05) is 18.6 Å². The molecule has 2 bridgehead atoms. The van der Waals surface area contributed by atoms with Crippen molar-refractivity contribution in [3.05, 3.63) is 12.7 Å². The average molecular weight is 208 g/mol. The summed E-state index contributed by atoms with van der Waals surface area (Å²) in [5.74, 6) is 0.914. The number of unbranched alkanes of at least 4 members (excludes halogenated alkanes) is 1. The standard InChI is InChI=1S/C13H24N2/c1-3-4-5-8-15(2)10-11-9-12-6-7-13(11)14-12/h3,11-14H,1,4-10H2,2H3. The van der Waals surface area contributed by atoms with Gasteiger partial charge >= 0.3 is 0 Å². The lowest BCUT2D eigenvalue weighted by Gasteiger charge is -2.26. The van der Waals surface area contributed by atoms with Gasteiger partial charge in [-0.15, -0.1) is 6.58 Å². The fourth-order valence-electron chi connectivity index (χ4n) is 3.14. The van der Waals surface area contributed by atoms with E-state index in [0.717, 1.165) is 24.4 Å². The van der Waals surface area contributed by atoms with Crippen molar-refractivity contribution in [2.45, 2.75) is 44.2 Å². The molecular weight excluding hydrogens is 184 g/mol. The van der Waals surface area contributed by atoms with Crippen molar-refractivity contribution >= 4 is 0 Å². The van der Waals surface area contributed by atoms with Gasteiger partial charge in [0.05, 0.1) is 0 Å². The quantitative estimate of drug-likeness (QED) is 0.531. The van der Waals surface area contributed by atoms with Gasteiger partial charge in [0.25, 0.3) is 0 Å². The summed E-state index contributed by atoms with van der Waals surface area (Å²) in [6.45, 7) is 6.27. The SMILES string of the molecule is C=CCCCN(C)CC1CC2CCC1N2. The molecule has 2 aliphatic heterocycles. The second kappa shape index (κ2) is 5.13. The molecule has 2 heterocycles. The van der Waals surface area contributed by atoms with Gasteiger partial charge in [-0.1, -0.05) is 6.08 Å². The van der Waals surface area contributed by atoms with E-state index in [1.807, 2.05) is 6.08 Å². The maximum absolute atomic E-state index is 3.76. The van der Waals surface area contributed by atoms with Crippen LogP contribution in [0.4, 0.5) is 0 Å². The van der Waals surface area contributed by atoms with Crippen LogP contribution in [0, 0.1) is 5.92 Å². The number of rotatable bonds is 6. The average Bonchev–Trinajstić information content (AvgIpc) is 2.79. The molecule has 2 saturated heterocycles. The highest BCUT2D eigenvalue weighted by Gasteiger charge is 2.38. The first-order valence-electron chi connectivity index (χ1n) is 6.35. The molecule has 0 aliphatic carbocycles. The zero-order valence-electron chi connectivity index (χ0n) is 9.91. The molecule has 0 aromatic carbocycles. The Morgan fingerprint density at radius 1 is 1.47 bits per heavy atom. The lowest BCUT2D eigenvalue weighted by molar-refractivity contribution is 0.247. The minimum Gasteiger partial charge on any atom is -0.311 e. The Bertz CT molecular complexity index is 215. The Balaban J connectivity index is 1.66. The topological polar surface area (TPSA) is 15.3 Å². The van der Waals surface area contributed by atoms with Crippen LogP contribution in [0.15, 0.2) is 12.7 Å². The second-order valence-electron chi connectivity index (χ2n) is 5.24. The van der Waals surface area contributed by atoms with Gasteiger partial charge < -0.3 is 10.2 Å². The van der Waals surface area contributed by atoms with Crippen molar-refractivity contribution in [1.82, 2.24) is 10.2 Å². The first-order chi connectivity index (χ1) is 7.29. The summed E-state index contributed by atoms with van der Waals surface area (Å²) < 4.78 is 0. The van der Waals surface area contributed by atoms with E-state index in [-0.39, 0.29) is 0 Å². The third-order valence-electron chi connectivity index (χ3n) is 3.93. The Labute approximate surface area is 93.7 Å². The number of hydrogen-bond acceptors (Lipinski definition) is 2. The van der Waals surface area contributed by atoms with E-state index in [4.69, 9.17) is 0 Å². The van der Waals surface area contributed by atoms with Crippen LogP contribution in [-0.2, 0) is 0 Å². The van der Waals surface area contributed by atoms with Crippen LogP contribution < -0.4 is 5.32 Å². The summed E-state index contributed by atoms with van der Waals surface area (Å²) in [6.07, 6.45) is 8.67. The van der Waals surface area contributed by atoms with Crippen molar-refractivity contribution in [3.8, 4) is 0 Å². The predicted octanol–water partition coefficient (Wildman–Crippen LogP) is 2.02. The van der Waals surface area contributed by atoms with Crippen LogP contribution in [-0.4, -0.2) is 37.1 Å². The number of fused-ring (bicyclic) bond motifs is 2. The monoisotopic (exact) mass is 208 g/mol. The molecule has 0 aromatic rings. The van der Waals surface area contributed by atoms with Crippen molar-refractivity contribution in [2.24, 2.45) is 5.92 Å². The summed E-state index contributed by atoms with van der Waals surface area (Å²) in [4.78, 5) is 2.50. The highest BCUT2D eigenvalue weighted by atomic mass is 15.1. The first kappa shape index (κ1) is 11.2. The highest BCUT2D eigenvalue weighted by Crippen LogP contribution is 2.33. The molecule has 15 heavy (non-hydrogen) atoms. The maximum Gasteiger partial charge on any atom is 0.0111 e. The smallest absolute Gasteiger partial charge is 0.0111 e. The Morgan fingerprint density at radius 2 is 2.33 bits per heavy atom. The van der Waals surface area contributed by atoms with Crippen LogP contribution in [0.1, 0.15) is 32.1 Å². The van der Waals surface area contributed by atoms with Crippen LogP contribution in [0.2, 0.25) is 0 Å². The Kier molecular flexibility index (Phi) is 3.81. The lowest BCUT2D eigenvalue weighted by atomic mass is 9.89. The number of nitrogens with zero attached hydrogens (tertiary/aromatic N) is 1. The molecule has 2 heteroatoms. The van der Waals surface area contributed by atoms with Crippen molar-refractivity contribution in [2.75, 3.05) is 20.1 Å². The van der Waals surface area contributed by atoms with Gasteiger partial charge in [-0.05, 0) is 51.6 Å². The third kappa shape index (κ3) is 2.82. The van der Waals surface area contributed by atoms with Crippen LogP contribution >= 0.6 is 0 Å². The fraction of sp³-hybridized carbons (Fsp3) is 0.846. The highest BCUT2D eigenvalue weighted by molar-refractivity contribution is 4.98. The van der Waals surface area contributed by atoms with Crippen LogP contribution in [0.25, 0.3) is 0 Å². The second-order valence-corrected chi connectivity index (χ2v) is 5.24. The molecule has 0 amide bonds. The van der Waals surface area contributed by atoms with Gasteiger partial charge in [-0.2, -0.15) is 0 Å². The van der Waals surface area contributed by atoms with E-state index >= 15 is 0 Å². The van der Waals surface area contributed by atoms with Crippen LogP contribution in [0.5, 0.6) is 0 Å². The summed E-state index contributed by atoms with van der Waals surface area (Å²) in [6, 6.07) is 1.68. The number of allylic oxidation sites excluding steroid dienone is 1. The number of nitrogens with one attached hydrogen (secondary N) is 1. The first-order valence-corrected chi connectivity index (χ1v) is 6.35. The largest absolute Gasteiger partial charge is 0.311 e. The summed E-state index contributed by atoms with van der Waals surface area (Å²) in [7, 11) is 2.26. The van der Waals surface area contributed by atoms with E-state index < -0.39 is 0 Å². The van der Waals surface area contributed by atoms with E-state index in [9.17, 15) is 0 Å². The molecule has 2 nitrogen and oxygen atoms in total. The van der Waals surface area contributed by atoms with Gasteiger partial charge in [-0.3, -0.25) is 0 Å². The Morgan fingerprint density at radius 3 is 2.93 bits per heavy atom. The van der Waals surface area contributed by atoms with Gasteiger partial charge in [0.15, 0.2) is 0 Å². The Hall–Kier alpha value is -0.340. The maximum atomic E-state index is 3.76. The molecule has 2 aliphatic rings. The molecule has 3 atom stereocenters. The normalized spacial score (nSPS) is 33.9. The van der Waals surface area contributed by atoms with Gasteiger partial charge in [0.1, 0.15) is 0 Å². The predicted molar refractivity (Wildman–Crippen MR) is 65.0 cm³/mol. The fourth-order valence-corrected chi connectivity index (χ4v) is 3.14. The molecular formula is C13H24N2. The van der Waals surface area contributed by atoms with Crippen molar-refractivity contribution in [3.63, 3.8) is 0 Å². The molecule has 3 unspecified atom stereocenters. The minimum absolute atomic E-state index is 0.830. The molecule has 0 aromatic heterocycles. The van der Waals surface area contributed by atoms with Gasteiger partial charge in [0.2, 0.25) is 0 Å². The molecule has 2 rings (SSSR count). The summed E-state index contributed by atoms with van der Waals surface area (Å²) >= 11 is 0. The third-order valence-corrected chi connectivity index (χ3v) is 3.93. The van der Waals surface area contributed by atoms with E-state index in [1.54, 1.807) is 0 Å². The molecule has 0 spiro atoms. The lowest BCUT2D eigenvalue weighted by Crippen LogP contribution is -2.33. The van der Waals surface area contributed by atoms with E-state index in [1.165, 1.54) is 38.8 Å². The van der Waals surface area contributed by atoms with E-state index in [2.05, 4.69) is 23.8 Å². The molecule has 86 valence electrons. The van der Waals surface area contributed by atoms with Crippen LogP contribution in [0.3, 0.4) is 0 Å². The molecule has 1 N–H and O–H groups in total. The molecule has 0 radical (unpaired) electrons. The molecule has 2 fully saturated rings. The number of hydrogen-bond donors (Lipinski definition) is 1. The minimum atomic E-state index is 0.830.